The molecule has 2 aliphatic heterocycles. The SMILES string of the molecule is CC(=O)N1C[C@@H](NC(=O)C2CCC(=O)N2C)C[C@@H](Nc2cc(C(F)(F)F)nc3ccc(Cl)cc23)C1. The third-order valence-electron chi connectivity index (χ3n) is 6.46. The van der Waals surface area contributed by atoms with Crippen molar-refractivity contribution in [3.05, 3.63) is 35.0 Å². The molecule has 3 amide bonds. The molecule has 1 aromatic heterocycles. The van der Waals surface area contributed by atoms with E-state index < -0.39 is 30.0 Å². The number of alkyl halides is 3. The Morgan fingerprint density at radius 2 is 1.89 bits per heavy atom. The fraction of sp³-hybridized carbons (Fsp3) is 0.478. The number of amides is 3. The van der Waals surface area contributed by atoms with Crippen LogP contribution in [0.15, 0.2) is 24.3 Å². The Morgan fingerprint density at radius 1 is 1.17 bits per heavy atom. The zero-order chi connectivity index (χ0) is 25.5. The van der Waals surface area contributed by atoms with Gasteiger partial charge in [0, 0.05) is 61.7 Å². The van der Waals surface area contributed by atoms with E-state index in [1.54, 1.807) is 7.05 Å². The van der Waals surface area contributed by atoms with Crippen LogP contribution in [0.1, 0.15) is 31.9 Å². The average Bonchev–Trinajstić information content (AvgIpc) is 3.11. The van der Waals surface area contributed by atoms with Gasteiger partial charge in [0.15, 0.2) is 0 Å². The predicted molar refractivity (Wildman–Crippen MR) is 124 cm³/mol. The number of hydrogen-bond donors (Lipinski definition) is 2. The highest BCUT2D eigenvalue weighted by atomic mass is 35.5. The lowest BCUT2D eigenvalue weighted by Crippen LogP contribution is -2.57. The second-order valence-electron chi connectivity index (χ2n) is 8.98. The summed E-state index contributed by atoms with van der Waals surface area (Å²) >= 11 is 6.09. The number of carbonyl (C=O) groups is 3. The van der Waals surface area contributed by atoms with E-state index in [-0.39, 0.29) is 42.0 Å². The smallest absolute Gasteiger partial charge is 0.380 e. The van der Waals surface area contributed by atoms with Crippen LogP contribution in [0, 0.1) is 0 Å². The molecule has 2 N–H and O–H groups in total. The van der Waals surface area contributed by atoms with Crippen molar-refractivity contribution >= 4 is 45.9 Å². The fourth-order valence-electron chi connectivity index (χ4n) is 4.66. The Balaban J connectivity index is 1.59. The number of anilines is 1. The summed E-state index contributed by atoms with van der Waals surface area (Å²) < 4.78 is 40.5. The standard InChI is InChI=1S/C23H25ClF3N5O3/c1-12(33)32-10-14(8-15(11-32)29-22(35)19-5-6-21(34)31(19)2)28-18-9-20(23(25,26)27)30-17-4-3-13(24)7-16(17)18/h3-4,7,9,14-15,19H,5-6,8,10-11H2,1-2H3,(H,28,30)(H,29,35)/t14-,15+,19?/m1/s1. The maximum atomic E-state index is 13.5. The van der Waals surface area contributed by atoms with Gasteiger partial charge in [-0.15, -0.1) is 0 Å². The molecule has 1 aromatic carbocycles. The van der Waals surface area contributed by atoms with Crippen LogP contribution in [0.3, 0.4) is 0 Å². The van der Waals surface area contributed by atoms with Gasteiger partial charge < -0.3 is 20.4 Å². The van der Waals surface area contributed by atoms with Gasteiger partial charge in [0.2, 0.25) is 17.7 Å². The Labute approximate surface area is 204 Å². The summed E-state index contributed by atoms with van der Waals surface area (Å²) in [5, 5.41) is 6.80. The molecular formula is C23H25ClF3N5O3. The van der Waals surface area contributed by atoms with Gasteiger partial charge in [-0.3, -0.25) is 14.4 Å². The fourth-order valence-corrected chi connectivity index (χ4v) is 4.83. The van der Waals surface area contributed by atoms with Crippen LogP contribution in [-0.4, -0.2) is 70.8 Å². The van der Waals surface area contributed by atoms with Crippen molar-refractivity contribution in [2.75, 3.05) is 25.5 Å². The minimum Gasteiger partial charge on any atom is -0.380 e. The molecule has 0 bridgehead atoms. The van der Waals surface area contributed by atoms with Crippen molar-refractivity contribution < 1.29 is 27.6 Å². The largest absolute Gasteiger partial charge is 0.433 e. The van der Waals surface area contributed by atoms with Gasteiger partial charge >= 0.3 is 6.18 Å². The molecule has 0 radical (unpaired) electrons. The van der Waals surface area contributed by atoms with Crippen molar-refractivity contribution in [3.63, 3.8) is 0 Å². The van der Waals surface area contributed by atoms with Gasteiger partial charge in [-0.1, -0.05) is 11.6 Å². The summed E-state index contributed by atoms with van der Waals surface area (Å²) in [4.78, 5) is 43.4. The van der Waals surface area contributed by atoms with Crippen molar-refractivity contribution in [1.82, 2.24) is 20.1 Å². The highest BCUT2D eigenvalue weighted by Gasteiger charge is 2.37. The summed E-state index contributed by atoms with van der Waals surface area (Å²) in [5.41, 5.74) is -0.732. The second kappa shape index (κ2) is 9.52. The van der Waals surface area contributed by atoms with Gasteiger partial charge in [0.05, 0.1) is 5.52 Å². The Morgan fingerprint density at radius 3 is 2.51 bits per heavy atom. The second-order valence-corrected chi connectivity index (χ2v) is 9.42. The first kappa shape index (κ1) is 25.0. The highest BCUT2D eigenvalue weighted by Crippen LogP contribution is 2.35. The molecule has 2 aliphatic rings. The van der Waals surface area contributed by atoms with Gasteiger partial charge in [-0.2, -0.15) is 13.2 Å². The number of aromatic nitrogens is 1. The van der Waals surface area contributed by atoms with E-state index in [2.05, 4.69) is 15.6 Å². The molecule has 0 spiro atoms. The molecule has 0 aliphatic carbocycles. The third-order valence-corrected chi connectivity index (χ3v) is 6.69. The first-order valence-corrected chi connectivity index (χ1v) is 11.6. The molecule has 0 saturated carbocycles. The summed E-state index contributed by atoms with van der Waals surface area (Å²) in [6.45, 7) is 1.91. The van der Waals surface area contributed by atoms with Crippen LogP contribution in [0.2, 0.25) is 5.02 Å². The van der Waals surface area contributed by atoms with Crippen LogP contribution in [0.5, 0.6) is 0 Å². The quantitative estimate of drug-likeness (QED) is 0.658. The maximum Gasteiger partial charge on any atom is 0.433 e. The van der Waals surface area contributed by atoms with Gasteiger partial charge in [0.25, 0.3) is 0 Å². The predicted octanol–water partition coefficient (Wildman–Crippen LogP) is 3.05. The maximum absolute atomic E-state index is 13.5. The van der Waals surface area contributed by atoms with E-state index >= 15 is 0 Å². The first-order chi connectivity index (χ1) is 16.4. The summed E-state index contributed by atoms with van der Waals surface area (Å²) in [7, 11) is 1.57. The van der Waals surface area contributed by atoms with E-state index in [0.29, 0.717) is 29.7 Å². The average molecular weight is 512 g/mol. The van der Waals surface area contributed by atoms with E-state index in [1.807, 2.05) is 0 Å². The number of fused-ring (bicyclic) bond motifs is 1. The molecule has 2 fully saturated rings. The van der Waals surface area contributed by atoms with Crippen LogP contribution in [0.4, 0.5) is 18.9 Å². The lowest BCUT2D eigenvalue weighted by molar-refractivity contribution is -0.141. The Bertz CT molecular complexity index is 1180. The molecule has 8 nitrogen and oxygen atoms in total. The van der Waals surface area contributed by atoms with E-state index in [4.69, 9.17) is 11.6 Å². The normalized spacial score (nSPS) is 23.0. The monoisotopic (exact) mass is 511 g/mol. The van der Waals surface area contributed by atoms with Gasteiger partial charge in [-0.05, 0) is 37.1 Å². The highest BCUT2D eigenvalue weighted by molar-refractivity contribution is 6.31. The van der Waals surface area contributed by atoms with Crippen LogP contribution in [0.25, 0.3) is 10.9 Å². The first-order valence-electron chi connectivity index (χ1n) is 11.2. The van der Waals surface area contributed by atoms with E-state index in [9.17, 15) is 27.6 Å². The van der Waals surface area contributed by atoms with Gasteiger partial charge in [-0.25, -0.2) is 4.98 Å². The third kappa shape index (κ3) is 5.44. The zero-order valence-corrected chi connectivity index (χ0v) is 19.9. The lowest BCUT2D eigenvalue weighted by Gasteiger charge is -2.39. The van der Waals surface area contributed by atoms with E-state index in [0.717, 1.165) is 6.07 Å². The molecule has 3 atom stereocenters. The molecule has 4 rings (SSSR count). The van der Waals surface area contributed by atoms with E-state index in [1.165, 1.54) is 34.9 Å². The number of likely N-dealkylation sites (tertiary alicyclic amines) is 2. The minimum absolute atomic E-state index is 0.109. The van der Waals surface area contributed by atoms with Crippen LogP contribution >= 0.6 is 11.6 Å². The topological polar surface area (TPSA) is 94.6 Å². The van der Waals surface area contributed by atoms with Gasteiger partial charge in [0.1, 0.15) is 11.7 Å². The zero-order valence-electron chi connectivity index (χ0n) is 19.2. The number of nitrogens with one attached hydrogen (secondary N) is 2. The molecule has 35 heavy (non-hydrogen) atoms. The summed E-state index contributed by atoms with van der Waals surface area (Å²) in [5.74, 6) is -0.641. The number of benzene rings is 1. The Kier molecular flexibility index (Phi) is 6.81. The number of likely N-dealkylation sites (N-methyl/N-ethyl adjacent to an activating group) is 1. The summed E-state index contributed by atoms with van der Waals surface area (Å²) in [6, 6.07) is 3.87. The number of halogens is 4. The number of rotatable bonds is 4. The molecule has 2 aromatic rings. The number of hydrogen-bond acceptors (Lipinski definition) is 5. The summed E-state index contributed by atoms with van der Waals surface area (Å²) in [6.07, 6.45) is -3.58. The molecule has 2 saturated heterocycles. The Hall–Kier alpha value is -3.08. The molecule has 1 unspecified atom stereocenters. The molecule has 12 heteroatoms. The van der Waals surface area contributed by atoms with Crippen molar-refractivity contribution in [2.45, 2.75) is 50.5 Å². The molecule has 188 valence electrons. The lowest BCUT2D eigenvalue weighted by atomic mass is 9.99. The molecule has 3 heterocycles. The molecular weight excluding hydrogens is 487 g/mol. The van der Waals surface area contributed by atoms with Crippen LogP contribution in [-0.2, 0) is 20.6 Å². The number of carbonyl (C=O) groups excluding carboxylic acids is 3. The number of nitrogens with zero attached hydrogens (tertiary/aromatic N) is 3. The van der Waals surface area contributed by atoms with Crippen molar-refractivity contribution in [2.24, 2.45) is 0 Å². The van der Waals surface area contributed by atoms with Crippen molar-refractivity contribution in [1.29, 1.82) is 0 Å². The number of pyridine rings is 1. The van der Waals surface area contributed by atoms with Crippen LogP contribution < -0.4 is 10.6 Å². The minimum atomic E-state index is -4.65. The van der Waals surface area contributed by atoms with Crippen molar-refractivity contribution in [3.8, 4) is 0 Å². The number of piperidine rings is 1.